The van der Waals surface area contributed by atoms with Gasteiger partial charge in [-0.3, -0.25) is 0 Å². The summed E-state index contributed by atoms with van der Waals surface area (Å²) in [5, 5.41) is 9.03. The van der Waals surface area contributed by atoms with Gasteiger partial charge < -0.3 is 5.11 Å². The van der Waals surface area contributed by atoms with Crippen molar-refractivity contribution < 1.29 is 31.1 Å². The molecule has 122 valence electrons. The van der Waals surface area contributed by atoms with Crippen LogP contribution >= 0.6 is 0 Å². The number of benzene rings is 1. The Hall–Kier alpha value is -1.15. The standard InChI is InChI=1S/C14H14F4O3S/c15-12-4-1-8(14(16,17)18)5-11(12)13(19)6-9-2-3-10(7-13)22(9,20)21/h1,4-5,9-10,19H,2-3,6-7H2. The number of hydrogen-bond acceptors (Lipinski definition) is 3. The highest BCUT2D eigenvalue weighted by atomic mass is 32.2. The third-order valence-electron chi connectivity index (χ3n) is 4.67. The minimum Gasteiger partial charge on any atom is -0.385 e. The molecule has 3 nitrogen and oxygen atoms in total. The molecule has 0 amide bonds. The normalized spacial score (nSPS) is 33.9. The van der Waals surface area contributed by atoms with E-state index in [0.29, 0.717) is 31.0 Å². The van der Waals surface area contributed by atoms with Crippen LogP contribution in [0.1, 0.15) is 36.8 Å². The molecule has 2 saturated heterocycles. The van der Waals surface area contributed by atoms with E-state index in [1.54, 1.807) is 0 Å². The summed E-state index contributed by atoms with van der Waals surface area (Å²) in [4.78, 5) is 0. The van der Waals surface area contributed by atoms with Crippen LogP contribution in [0.4, 0.5) is 17.6 Å². The zero-order valence-corrected chi connectivity index (χ0v) is 12.2. The Morgan fingerprint density at radius 1 is 1.14 bits per heavy atom. The summed E-state index contributed by atoms with van der Waals surface area (Å²) < 4.78 is 76.4. The molecule has 1 aromatic carbocycles. The molecule has 22 heavy (non-hydrogen) atoms. The summed E-state index contributed by atoms with van der Waals surface area (Å²) in [6.07, 6.45) is -4.46. The van der Waals surface area contributed by atoms with Gasteiger partial charge in [0.2, 0.25) is 0 Å². The molecule has 2 fully saturated rings. The maximum atomic E-state index is 14.0. The monoisotopic (exact) mass is 338 g/mol. The molecule has 1 N–H and O–H groups in total. The van der Waals surface area contributed by atoms with Gasteiger partial charge >= 0.3 is 6.18 Å². The molecule has 2 unspecified atom stereocenters. The molecule has 2 aliphatic rings. The van der Waals surface area contributed by atoms with Crippen LogP contribution in [0.5, 0.6) is 0 Å². The first-order valence-corrected chi connectivity index (χ1v) is 8.47. The molecule has 0 aromatic heterocycles. The summed E-state index contributed by atoms with van der Waals surface area (Å²) >= 11 is 0. The quantitative estimate of drug-likeness (QED) is 0.801. The highest BCUT2D eigenvalue weighted by Gasteiger charge is 2.54. The average molecular weight is 338 g/mol. The summed E-state index contributed by atoms with van der Waals surface area (Å²) in [5.41, 5.74) is -3.39. The van der Waals surface area contributed by atoms with Crippen LogP contribution in [0, 0.1) is 5.82 Å². The van der Waals surface area contributed by atoms with Crippen molar-refractivity contribution in [1.82, 2.24) is 0 Å². The Kier molecular flexibility index (Phi) is 3.34. The molecular formula is C14H14F4O3S. The molecule has 2 atom stereocenters. The van der Waals surface area contributed by atoms with Gasteiger partial charge in [0.15, 0.2) is 9.84 Å². The van der Waals surface area contributed by atoms with Crippen molar-refractivity contribution in [1.29, 1.82) is 0 Å². The van der Waals surface area contributed by atoms with Crippen LogP contribution < -0.4 is 0 Å². The summed E-state index contributed by atoms with van der Waals surface area (Å²) in [5.74, 6) is -0.950. The molecule has 0 radical (unpaired) electrons. The first-order chi connectivity index (χ1) is 10.0. The molecule has 0 saturated carbocycles. The third kappa shape index (κ3) is 2.32. The SMILES string of the molecule is O=S1(=O)C2CCC1CC(O)(c1cc(C(F)(F)F)ccc1F)C2. The lowest BCUT2D eigenvalue weighted by Gasteiger charge is -2.37. The molecule has 1 aromatic rings. The van der Waals surface area contributed by atoms with Gasteiger partial charge in [-0.2, -0.15) is 13.2 Å². The zero-order valence-electron chi connectivity index (χ0n) is 11.4. The number of rotatable bonds is 1. The predicted molar refractivity (Wildman–Crippen MR) is 70.3 cm³/mol. The van der Waals surface area contributed by atoms with Gasteiger partial charge in [-0.1, -0.05) is 0 Å². The zero-order chi connectivity index (χ0) is 16.3. The van der Waals surface area contributed by atoms with Crippen LogP contribution in [-0.2, 0) is 21.6 Å². The van der Waals surface area contributed by atoms with Crippen molar-refractivity contribution >= 4 is 9.84 Å². The van der Waals surface area contributed by atoms with Gasteiger partial charge in [0.25, 0.3) is 0 Å². The van der Waals surface area contributed by atoms with E-state index < -0.39 is 49.1 Å². The van der Waals surface area contributed by atoms with E-state index in [1.807, 2.05) is 0 Å². The van der Waals surface area contributed by atoms with E-state index in [1.165, 1.54) is 0 Å². The van der Waals surface area contributed by atoms with Crippen LogP contribution in [-0.4, -0.2) is 24.0 Å². The lowest BCUT2D eigenvalue weighted by molar-refractivity contribution is -0.137. The van der Waals surface area contributed by atoms with Gasteiger partial charge in [0, 0.05) is 5.56 Å². The molecule has 3 rings (SSSR count). The number of hydrogen-bond donors (Lipinski definition) is 1. The van der Waals surface area contributed by atoms with Crippen molar-refractivity contribution in [2.75, 3.05) is 0 Å². The van der Waals surface area contributed by atoms with Gasteiger partial charge in [-0.25, -0.2) is 12.8 Å². The van der Waals surface area contributed by atoms with Crippen molar-refractivity contribution in [2.45, 2.75) is 48.0 Å². The molecule has 0 spiro atoms. The van der Waals surface area contributed by atoms with Crippen LogP contribution in [0.2, 0.25) is 0 Å². The van der Waals surface area contributed by atoms with Crippen LogP contribution in [0.15, 0.2) is 18.2 Å². The first-order valence-electron chi connectivity index (χ1n) is 6.86. The Morgan fingerprint density at radius 2 is 1.68 bits per heavy atom. The van der Waals surface area contributed by atoms with Gasteiger partial charge in [-0.15, -0.1) is 0 Å². The maximum absolute atomic E-state index is 14.0. The number of alkyl halides is 3. The second kappa shape index (κ2) is 4.67. The van der Waals surface area contributed by atoms with E-state index in [0.717, 1.165) is 0 Å². The van der Waals surface area contributed by atoms with E-state index >= 15 is 0 Å². The van der Waals surface area contributed by atoms with E-state index in [2.05, 4.69) is 0 Å². The van der Waals surface area contributed by atoms with Crippen molar-refractivity contribution in [3.05, 3.63) is 35.1 Å². The van der Waals surface area contributed by atoms with Crippen LogP contribution in [0.25, 0.3) is 0 Å². The highest BCUT2D eigenvalue weighted by Crippen LogP contribution is 2.48. The van der Waals surface area contributed by atoms with E-state index in [-0.39, 0.29) is 12.8 Å². The Morgan fingerprint density at radius 3 is 2.18 bits per heavy atom. The fourth-order valence-corrected chi connectivity index (χ4v) is 6.01. The molecule has 8 heteroatoms. The van der Waals surface area contributed by atoms with Crippen LogP contribution in [0.3, 0.4) is 0 Å². The summed E-state index contributed by atoms with van der Waals surface area (Å²) in [6.45, 7) is 0. The minimum atomic E-state index is -4.65. The molecule has 2 heterocycles. The second-order valence-electron chi connectivity index (χ2n) is 6.04. The summed E-state index contributed by atoms with van der Waals surface area (Å²) in [6, 6.07) is 1.87. The average Bonchev–Trinajstić information content (AvgIpc) is 2.58. The highest BCUT2D eigenvalue weighted by molar-refractivity contribution is 7.93. The molecule has 0 aliphatic carbocycles. The van der Waals surface area contributed by atoms with Crippen molar-refractivity contribution in [2.24, 2.45) is 0 Å². The van der Waals surface area contributed by atoms with Gasteiger partial charge in [0.05, 0.1) is 21.7 Å². The van der Waals surface area contributed by atoms with Gasteiger partial charge in [-0.05, 0) is 43.9 Å². The van der Waals surface area contributed by atoms with E-state index in [9.17, 15) is 31.1 Å². The molecule has 2 bridgehead atoms. The number of aliphatic hydroxyl groups is 1. The first kappa shape index (κ1) is 15.7. The lowest BCUT2D eigenvalue weighted by atomic mass is 9.84. The largest absolute Gasteiger partial charge is 0.416 e. The fraction of sp³-hybridized carbons (Fsp3) is 0.571. The fourth-order valence-electron chi connectivity index (χ4n) is 3.52. The second-order valence-corrected chi connectivity index (χ2v) is 8.55. The van der Waals surface area contributed by atoms with Crippen molar-refractivity contribution in [3.8, 4) is 0 Å². The van der Waals surface area contributed by atoms with Crippen molar-refractivity contribution in [3.63, 3.8) is 0 Å². The molecule has 2 aliphatic heterocycles. The summed E-state index contributed by atoms with van der Waals surface area (Å²) in [7, 11) is -3.36. The lowest BCUT2D eigenvalue weighted by Crippen LogP contribution is -2.43. The number of halogens is 4. The third-order valence-corrected chi connectivity index (χ3v) is 7.33. The maximum Gasteiger partial charge on any atom is 0.416 e. The Bertz CT molecular complexity index is 691. The topological polar surface area (TPSA) is 54.4 Å². The Balaban J connectivity index is 2.05. The van der Waals surface area contributed by atoms with Gasteiger partial charge in [0.1, 0.15) is 5.82 Å². The minimum absolute atomic E-state index is 0.260. The number of fused-ring (bicyclic) bond motifs is 2. The smallest absolute Gasteiger partial charge is 0.385 e. The number of sulfone groups is 1. The van der Waals surface area contributed by atoms with E-state index in [4.69, 9.17) is 0 Å². The Labute approximate surface area is 124 Å². The molecular weight excluding hydrogens is 324 g/mol. The predicted octanol–water partition coefficient (Wildman–Crippen LogP) is 2.77.